The third-order valence-corrected chi connectivity index (χ3v) is 3.66. The number of carbonyl (C=O) groups excluding carboxylic acids is 1. The molecule has 0 saturated carbocycles. The van der Waals surface area contributed by atoms with E-state index >= 15 is 0 Å². The first kappa shape index (κ1) is 20.8. The Labute approximate surface area is 145 Å². The summed E-state index contributed by atoms with van der Waals surface area (Å²) in [5, 5.41) is 5.12. The molecule has 2 aromatic rings. The Morgan fingerprint density at radius 1 is 1.41 bits per heavy atom. The number of hydrogen-bond acceptors (Lipinski definition) is 4. The average Bonchev–Trinajstić information content (AvgIpc) is 2.90. The van der Waals surface area contributed by atoms with E-state index < -0.39 is 0 Å². The second kappa shape index (κ2) is 9.74. The van der Waals surface area contributed by atoms with E-state index in [1.165, 1.54) is 17.4 Å². The Kier molecular flexibility index (Phi) is 9.20. The smallest absolute Gasteiger partial charge is 0.271 e. The van der Waals surface area contributed by atoms with Gasteiger partial charge in [-0.15, -0.1) is 36.2 Å². The zero-order valence-electron chi connectivity index (χ0n) is 11.9. The predicted molar refractivity (Wildman–Crippen MR) is 91.8 cm³/mol. The third-order valence-electron chi connectivity index (χ3n) is 2.81. The maximum Gasteiger partial charge on any atom is 0.271 e. The van der Waals surface area contributed by atoms with E-state index in [2.05, 4.69) is 10.3 Å². The van der Waals surface area contributed by atoms with E-state index in [4.69, 9.17) is 5.73 Å². The standard InChI is InChI=1S/C14H16FN3OS.2ClH/c1-9(7-16)17-14(19)12-8-20-13(18-12)6-10-4-2-3-5-11(10)15;;/h2-5,8-9H,6-7,16H2,1H3,(H,17,19);2*1H/t9-;;/m0../s1. The number of nitrogens with zero attached hydrogens (tertiary/aromatic N) is 1. The SMILES string of the molecule is C[C@@H](CN)NC(=O)c1csc(Cc2ccccc2F)n1.Cl.Cl. The number of amides is 1. The molecule has 8 heteroatoms. The lowest BCUT2D eigenvalue weighted by molar-refractivity contribution is 0.0937. The van der Waals surface area contributed by atoms with Crippen molar-refractivity contribution in [1.82, 2.24) is 10.3 Å². The molecule has 1 heterocycles. The number of benzene rings is 1. The molecule has 1 aromatic carbocycles. The highest BCUT2D eigenvalue weighted by atomic mass is 35.5. The summed E-state index contributed by atoms with van der Waals surface area (Å²) in [6.07, 6.45) is 0.386. The van der Waals surface area contributed by atoms with Crippen LogP contribution in [-0.4, -0.2) is 23.5 Å². The van der Waals surface area contributed by atoms with Crippen molar-refractivity contribution in [2.75, 3.05) is 6.54 Å². The fourth-order valence-corrected chi connectivity index (χ4v) is 2.46. The lowest BCUT2D eigenvalue weighted by Gasteiger charge is -2.09. The normalized spacial score (nSPS) is 11.0. The minimum Gasteiger partial charge on any atom is -0.347 e. The molecule has 0 spiro atoms. The van der Waals surface area contributed by atoms with Crippen molar-refractivity contribution in [2.24, 2.45) is 5.73 Å². The molecule has 4 nitrogen and oxygen atoms in total. The highest BCUT2D eigenvalue weighted by Gasteiger charge is 2.13. The lowest BCUT2D eigenvalue weighted by atomic mass is 10.1. The fourth-order valence-electron chi connectivity index (χ4n) is 1.66. The Balaban J connectivity index is 0.00000220. The second-order valence-electron chi connectivity index (χ2n) is 4.50. The molecule has 2 rings (SSSR count). The fraction of sp³-hybridized carbons (Fsp3) is 0.286. The molecule has 0 saturated heterocycles. The third kappa shape index (κ3) is 5.53. The molecule has 1 atom stereocenters. The summed E-state index contributed by atoms with van der Waals surface area (Å²) >= 11 is 1.35. The average molecular weight is 366 g/mol. The van der Waals surface area contributed by atoms with Gasteiger partial charge in [-0.3, -0.25) is 4.79 Å². The summed E-state index contributed by atoms with van der Waals surface area (Å²) in [5.74, 6) is -0.510. The van der Waals surface area contributed by atoms with Crippen molar-refractivity contribution in [1.29, 1.82) is 0 Å². The molecule has 3 N–H and O–H groups in total. The second-order valence-corrected chi connectivity index (χ2v) is 5.45. The van der Waals surface area contributed by atoms with Crippen molar-refractivity contribution in [2.45, 2.75) is 19.4 Å². The molecule has 0 radical (unpaired) electrons. The Morgan fingerprint density at radius 2 is 2.09 bits per heavy atom. The maximum absolute atomic E-state index is 13.5. The molecule has 22 heavy (non-hydrogen) atoms. The largest absolute Gasteiger partial charge is 0.347 e. The number of hydrogen-bond donors (Lipinski definition) is 2. The Morgan fingerprint density at radius 3 is 2.73 bits per heavy atom. The number of aromatic nitrogens is 1. The van der Waals surface area contributed by atoms with Crippen molar-refractivity contribution in [3.8, 4) is 0 Å². The van der Waals surface area contributed by atoms with E-state index in [0.717, 1.165) is 0 Å². The number of nitrogens with one attached hydrogen (secondary N) is 1. The number of nitrogens with two attached hydrogens (primary N) is 1. The first-order chi connectivity index (χ1) is 9.60. The minimum atomic E-state index is -0.259. The number of halogens is 3. The van der Waals surface area contributed by atoms with Crippen LogP contribution in [-0.2, 0) is 6.42 Å². The van der Waals surface area contributed by atoms with Gasteiger partial charge in [0.15, 0.2) is 0 Å². The molecule has 0 aliphatic rings. The van der Waals surface area contributed by atoms with Gasteiger partial charge in [0, 0.05) is 24.4 Å². The summed E-state index contributed by atoms with van der Waals surface area (Å²) in [4.78, 5) is 16.1. The van der Waals surface area contributed by atoms with Crippen LogP contribution in [0.5, 0.6) is 0 Å². The quantitative estimate of drug-likeness (QED) is 0.855. The topological polar surface area (TPSA) is 68.0 Å². The minimum absolute atomic E-state index is 0. The highest BCUT2D eigenvalue weighted by Crippen LogP contribution is 2.17. The summed E-state index contributed by atoms with van der Waals surface area (Å²) < 4.78 is 13.5. The van der Waals surface area contributed by atoms with Gasteiger partial charge in [0.25, 0.3) is 5.91 Å². The van der Waals surface area contributed by atoms with E-state index in [1.54, 1.807) is 23.6 Å². The van der Waals surface area contributed by atoms with Gasteiger partial charge in [-0.2, -0.15) is 0 Å². The summed E-state index contributed by atoms with van der Waals surface area (Å²) in [5.41, 5.74) is 6.37. The Bertz CT molecular complexity index is 609. The van der Waals surface area contributed by atoms with Crippen LogP contribution < -0.4 is 11.1 Å². The number of thiazole rings is 1. The van der Waals surface area contributed by atoms with Crippen LogP contribution in [0.25, 0.3) is 0 Å². The molecule has 0 unspecified atom stereocenters. The van der Waals surface area contributed by atoms with Crippen LogP contribution in [0, 0.1) is 5.82 Å². The molecular formula is C14H18Cl2FN3OS. The van der Waals surface area contributed by atoms with Crippen molar-refractivity contribution in [3.63, 3.8) is 0 Å². The van der Waals surface area contributed by atoms with Gasteiger partial charge in [-0.25, -0.2) is 9.37 Å². The molecule has 1 aromatic heterocycles. The van der Waals surface area contributed by atoms with Crippen LogP contribution in [0.4, 0.5) is 4.39 Å². The summed E-state index contributed by atoms with van der Waals surface area (Å²) in [7, 11) is 0. The molecular weight excluding hydrogens is 348 g/mol. The van der Waals surface area contributed by atoms with E-state index in [-0.39, 0.29) is 42.6 Å². The van der Waals surface area contributed by atoms with Gasteiger partial charge < -0.3 is 11.1 Å². The van der Waals surface area contributed by atoms with E-state index in [0.29, 0.717) is 29.2 Å². The van der Waals surface area contributed by atoms with E-state index in [1.807, 2.05) is 6.92 Å². The summed E-state index contributed by atoms with van der Waals surface area (Å²) in [6.45, 7) is 2.20. The van der Waals surface area contributed by atoms with Crippen LogP contribution >= 0.6 is 36.2 Å². The van der Waals surface area contributed by atoms with Gasteiger partial charge in [0.05, 0.1) is 5.01 Å². The van der Waals surface area contributed by atoms with E-state index in [9.17, 15) is 9.18 Å². The monoisotopic (exact) mass is 365 g/mol. The Hall–Kier alpha value is -1.21. The summed E-state index contributed by atoms with van der Waals surface area (Å²) in [6, 6.07) is 6.46. The zero-order chi connectivity index (χ0) is 14.5. The highest BCUT2D eigenvalue weighted by molar-refractivity contribution is 7.09. The van der Waals surface area contributed by atoms with Gasteiger partial charge in [-0.05, 0) is 18.6 Å². The molecule has 1 amide bonds. The van der Waals surface area contributed by atoms with Crippen molar-refractivity contribution >= 4 is 42.1 Å². The van der Waals surface area contributed by atoms with Crippen LogP contribution in [0.15, 0.2) is 29.6 Å². The molecule has 0 fully saturated rings. The maximum atomic E-state index is 13.5. The number of carbonyl (C=O) groups is 1. The van der Waals surface area contributed by atoms with Gasteiger partial charge in [-0.1, -0.05) is 18.2 Å². The van der Waals surface area contributed by atoms with Crippen LogP contribution in [0.1, 0.15) is 28.0 Å². The molecule has 0 bridgehead atoms. The van der Waals surface area contributed by atoms with Crippen molar-refractivity contribution < 1.29 is 9.18 Å². The van der Waals surface area contributed by atoms with Crippen molar-refractivity contribution in [3.05, 3.63) is 51.7 Å². The lowest BCUT2D eigenvalue weighted by Crippen LogP contribution is -2.37. The van der Waals surface area contributed by atoms with Crippen LogP contribution in [0.2, 0.25) is 0 Å². The predicted octanol–water partition coefficient (Wildman–Crippen LogP) is 2.79. The van der Waals surface area contributed by atoms with Gasteiger partial charge in [0.2, 0.25) is 0 Å². The first-order valence-electron chi connectivity index (χ1n) is 6.29. The molecule has 0 aliphatic carbocycles. The van der Waals surface area contributed by atoms with Crippen LogP contribution in [0.3, 0.4) is 0 Å². The molecule has 0 aliphatic heterocycles. The van der Waals surface area contributed by atoms with Gasteiger partial charge >= 0.3 is 0 Å². The zero-order valence-corrected chi connectivity index (χ0v) is 14.4. The van der Waals surface area contributed by atoms with Gasteiger partial charge in [0.1, 0.15) is 11.5 Å². The first-order valence-corrected chi connectivity index (χ1v) is 7.17. The molecule has 122 valence electrons. The number of rotatable bonds is 5.